The molecule has 4 heteroatoms. The fourth-order valence-corrected chi connectivity index (χ4v) is 1.23. The van der Waals surface area contributed by atoms with Crippen LogP contribution in [0.5, 0.6) is 0 Å². The molecule has 86 valence electrons. The molecule has 0 aliphatic carbocycles. The molecule has 0 heterocycles. The predicted molar refractivity (Wildman–Crippen MR) is 62.9 cm³/mol. The summed E-state index contributed by atoms with van der Waals surface area (Å²) in [5, 5.41) is 3.62. The molecule has 2 N–H and O–H groups in total. The quantitative estimate of drug-likeness (QED) is 0.365. The third kappa shape index (κ3) is 2.82. The van der Waals surface area contributed by atoms with Crippen LogP contribution in [-0.4, -0.2) is 11.8 Å². The molecule has 1 rings (SSSR count). The van der Waals surface area contributed by atoms with E-state index < -0.39 is 11.4 Å². The van der Waals surface area contributed by atoms with Gasteiger partial charge in [0.2, 0.25) is 0 Å². The minimum atomic E-state index is -0.480. The summed E-state index contributed by atoms with van der Waals surface area (Å²) in [5.41, 5.74) is 6.36. The number of nitrogens with two attached hydrogens (primary N) is 1. The second-order valence-corrected chi connectivity index (χ2v) is 4.05. The van der Waals surface area contributed by atoms with Crippen LogP contribution in [0.1, 0.15) is 26.3 Å². The van der Waals surface area contributed by atoms with Crippen molar-refractivity contribution in [1.29, 1.82) is 0 Å². The molecule has 0 fully saturated rings. The second-order valence-electron chi connectivity index (χ2n) is 4.05. The Hall–Kier alpha value is -1.84. The first kappa shape index (κ1) is 12.2. The molecule has 16 heavy (non-hydrogen) atoms. The summed E-state index contributed by atoms with van der Waals surface area (Å²) >= 11 is 0. The molecule has 0 spiro atoms. The van der Waals surface area contributed by atoms with Crippen LogP contribution in [0.25, 0.3) is 0 Å². The number of hydrogen-bond acceptors (Lipinski definition) is 3. The zero-order valence-corrected chi connectivity index (χ0v) is 9.73. The van der Waals surface area contributed by atoms with E-state index in [1.165, 1.54) is 6.92 Å². The van der Waals surface area contributed by atoms with Crippen molar-refractivity contribution in [2.45, 2.75) is 26.2 Å². The molecule has 0 saturated carbocycles. The Labute approximate surface area is 95.1 Å². The molecule has 0 radical (unpaired) electrons. The van der Waals surface area contributed by atoms with Crippen LogP contribution in [-0.2, 0) is 15.0 Å². The van der Waals surface area contributed by atoms with Crippen molar-refractivity contribution in [3.63, 3.8) is 0 Å². The fourth-order valence-electron chi connectivity index (χ4n) is 1.23. The van der Waals surface area contributed by atoms with E-state index >= 15 is 0 Å². The number of carbonyl (C=O) groups excluding carboxylic acids is 1. The first-order valence-corrected chi connectivity index (χ1v) is 5.01. The van der Waals surface area contributed by atoms with E-state index in [2.05, 4.69) is 9.99 Å². The summed E-state index contributed by atoms with van der Waals surface area (Å²) in [6.07, 6.45) is 0. The predicted octanol–water partition coefficient (Wildman–Crippen LogP) is 1.80. The first-order valence-electron chi connectivity index (χ1n) is 5.01. The molecule has 1 aromatic carbocycles. The minimum Gasteiger partial charge on any atom is -0.384 e. The van der Waals surface area contributed by atoms with Gasteiger partial charge in [-0.3, -0.25) is 0 Å². The van der Waals surface area contributed by atoms with E-state index in [4.69, 9.17) is 5.73 Å². The van der Waals surface area contributed by atoms with Crippen LogP contribution in [0.3, 0.4) is 0 Å². The van der Waals surface area contributed by atoms with Gasteiger partial charge in [0.1, 0.15) is 5.84 Å². The van der Waals surface area contributed by atoms with Gasteiger partial charge >= 0.3 is 5.97 Å². The van der Waals surface area contributed by atoms with Gasteiger partial charge in [0.05, 0.1) is 5.41 Å². The zero-order valence-electron chi connectivity index (χ0n) is 9.73. The van der Waals surface area contributed by atoms with E-state index in [9.17, 15) is 4.79 Å². The average Bonchev–Trinajstić information content (AvgIpc) is 2.27. The van der Waals surface area contributed by atoms with Gasteiger partial charge in [-0.2, -0.15) is 0 Å². The molecule has 0 aliphatic rings. The summed E-state index contributed by atoms with van der Waals surface area (Å²) in [4.78, 5) is 15.2. The molecule has 0 saturated heterocycles. The SMILES string of the molecule is CC(=O)O/N=C(/N)C(C)(C)c1ccccc1. The van der Waals surface area contributed by atoms with Crippen molar-refractivity contribution in [2.75, 3.05) is 0 Å². The van der Waals surface area contributed by atoms with Gasteiger partial charge in [0, 0.05) is 6.92 Å². The Bertz CT molecular complexity index is 397. The molecule has 4 nitrogen and oxygen atoms in total. The van der Waals surface area contributed by atoms with Gasteiger partial charge < -0.3 is 10.6 Å². The molecule has 0 aromatic heterocycles. The Balaban J connectivity index is 2.93. The lowest BCUT2D eigenvalue weighted by molar-refractivity contribution is -0.141. The summed E-state index contributed by atoms with van der Waals surface area (Å²) in [7, 11) is 0. The monoisotopic (exact) mass is 220 g/mol. The summed E-state index contributed by atoms with van der Waals surface area (Å²) in [6.45, 7) is 5.13. The van der Waals surface area contributed by atoms with Crippen LogP contribution in [0.4, 0.5) is 0 Å². The number of nitrogens with zero attached hydrogens (tertiary/aromatic N) is 1. The Kier molecular flexibility index (Phi) is 3.66. The minimum absolute atomic E-state index is 0.272. The van der Waals surface area contributed by atoms with Crippen LogP contribution in [0.15, 0.2) is 35.5 Å². The molecule has 1 aromatic rings. The standard InChI is InChI=1S/C12H16N2O2/c1-9(15)16-14-11(13)12(2,3)10-7-5-4-6-8-10/h4-8H,1-3H3,(H2,13,14). The van der Waals surface area contributed by atoms with Crippen LogP contribution >= 0.6 is 0 Å². The highest BCUT2D eigenvalue weighted by Crippen LogP contribution is 2.22. The number of amidine groups is 1. The second kappa shape index (κ2) is 4.79. The topological polar surface area (TPSA) is 64.7 Å². The smallest absolute Gasteiger partial charge is 0.332 e. The Morgan fingerprint density at radius 2 is 1.88 bits per heavy atom. The van der Waals surface area contributed by atoms with Gasteiger partial charge in [0.15, 0.2) is 0 Å². The number of benzene rings is 1. The molecule has 0 aliphatic heterocycles. The highest BCUT2D eigenvalue weighted by atomic mass is 16.7. The van der Waals surface area contributed by atoms with Crippen molar-refractivity contribution in [2.24, 2.45) is 10.9 Å². The lowest BCUT2D eigenvalue weighted by Gasteiger charge is -2.23. The lowest BCUT2D eigenvalue weighted by atomic mass is 9.84. The van der Waals surface area contributed by atoms with Crippen molar-refractivity contribution in [1.82, 2.24) is 0 Å². The van der Waals surface area contributed by atoms with Gasteiger partial charge in [0.25, 0.3) is 0 Å². The maximum Gasteiger partial charge on any atom is 0.332 e. The summed E-state index contributed by atoms with van der Waals surface area (Å²) < 4.78 is 0. The van der Waals surface area contributed by atoms with E-state index in [1.54, 1.807) is 0 Å². The third-order valence-electron chi connectivity index (χ3n) is 2.41. The molecule has 0 unspecified atom stereocenters. The van der Waals surface area contributed by atoms with Crippen LogP contribution in [0.2, 0.25) is 0 Å². The van der Waals surface area contributed by atoms with E-state index in [0.29, 0.717) is 0 Å². The number of rotatable bonds is 3. The first-order chi connectivity index (χ1) is 7.44. The lowest BCUT2D eigenvalue weighted by Crippen LogP contribution is -2.36. The van der Waals surface area contributed by atoms with Crippen LogP contribution < -0.4 is 5.73 Å². The fraction of sp³-hybridized carbons (Fsp3) is 0.333. The molecular weight excluding hydrogens is 204 g/mol. The highest BCUT2D eigenvalue weighted by Gasteiger charge is 2.25. The Morgan fingerprint density at radius 3 is 2.38 bits per heavy atom. The third-order valence-corrected chi connectivity index (χ3v) is 2.41. The van der Waals surface area contributed by atoms with Crippen molar-refractivity contribution < 1.29 is 9.63 Å². The van der Waals surface area contributed by atoms with Crippen molar-refractivity contribution in [3.05, 3.63) is 35.9 Å². The highest BCUT2D eigenvalue weighted by molar-refractivity contribution is 5.90. The van der Waals surface area contributed by atoms with Gasteiger partial charge in [-0.1, -0.05) is 35.5 Å². The van der Waals surface area contributed by atoms with Gasteiger partial charge in [-0.05, 0) is 19.4 Å². The Morgan fingerprint density at radius 1 is 1.31 bits per heavy atom. The van der Waals surface area contributed by atoms with E-state index in [0.717, 1.165) is 5.56 Å². The largest absolute Gasteiger partial charge is 0.384 e. The number of hydrogen-bond donors (Lipinski definition) is 1. The maximum atomic E-state index is 10.6. The molecule has 0 amide bonds. The van der Waals surface area contributed by atoms with Crippen molar-refractivity contribution >= 4 is 11.8 Å². The molecule has 0 atom stereocenters. The van der Waals surface area contributed by atoms with Gasteiger partial charge in [-0.15, -0.1) is 0 Å². The van der Waals surface area contributed by atoms with E-state index in [1.807, 2.05) is 44.2 Å². The average molecular weight is 220 g/mol. The maximum absolute atomic E-state index is 10.6. The number of oxime groups is 1. The summed E-state index contributed by atoms with van der Waals surface area (Å²) in [5.74, 6) is -0.208. The molecular formula is C12H16N2O2. The molecule has 0 bridgehead atoms. The number of carbonyl (C=O) groups is 1. The van der Waals surface area contributed by atoms with Crippen LogP contribution in [0, 0.1) is 0 Å². The zero-order chi connectivity index (χ0) is 12.2. The van der Waals surface area contributed by atoms with E-state index in [-0.39, 0.29) is 5.84 Å². The van der Waals surface area contributed by atoms with Gasteiger partial charge in [-0.25, -0.2) is 4.79 Å². The summed E-state index contributed by atoms with van der Waals surface area (Å²) in [6, 6.07) is 9.69. The normalized spacial score (nSPS) is 12.3. The van der Waals surface area contributed by atoms with Crippen molar-refractivity contribution in [3.8, 4) is 0 Å².